The molecule has 2 aromatic carbocycles. The molecule has 0 aliphatic rings. The third-order valence-electron chi connectivity index (χ3n) is 3.45. The fraction of sp³-hybridized carbons (Fsp3) is 0.235. The summed E-state index contributed by atoms with van der Waals surface area (Å²) < 4.78 is 6.82. The van der Waals surface area contributed by atoms with E-state index in [9.17, 15) is 0 Å². The van der Waals surface area contributed by atoms with E-state index in [1.807, 2.05) is 30.3 Å². The van der Waals surface area contributed by atoms with Crippen LogP contribution >= 0.6 is 15.9 Å². The molecule has 0 bridgehead atoms. The lowest BCUT2D eigenvalue weighted by atomic mass is 9.84. The van der Waals surface area contributed by atoms with Crippen LogP contribution in [0.25, 0.3) is 22.6 Å². The van der Waals surface area contributed by atoms with Crippen LogP contribution in [0.5, 0.6) is 0 Å². The molecule has 3 rings (SSSR count). The van der Waals surface area contributed by atoms with Crippen LogP contribution in [-0.2, 0) is 5.41 Å². The van der Waals surface area contributed by atoms with E-state index in [0.717, 1.165) is 15.6 Å². The molecule has 0 aliphatic carbocycles. The summed E-state index contributed by atoms with van der Waals surface area (Å²) in [6, 6.07) is 11.9. The number of anilines is 1. The number of halogens is 1. The zero-order valence-electron chi connectivity index (χ0n) is 12.3. The Morgan fingerprint density at radius 2 is 1.86 bits per heavy atom. The number of hydrogen-bond acceptors (Lipinski definition) is 3. The summed E-state index contributed by atoms with van der Waals surface area (Å²) in [4.78, 5) is 4.60. The van der Waals surface area contributed by atoms with Crippen molar-refractivity contribution >= 4 is 32.7 Å². The zero-order chi connectivity index (χ0) is 15.2. The Morgan fingerprint density at radius 3 is 2.57 bits per heavy atom. The van der Waals surface area contributed by atoms with E-state index in [2.05, 4.69) is 47.8 Å². The van der Waals surface area contributed by atoms with Gasteiger partial charge in [0.05, 0.1) is 5.69 Å². The van der Waals surface area contributed by atoms with E-state index in [-0.39, 0.29) is 5.41 Å². The highest BCUT2D eigenvalue weighted by Gasteiger charge is 2.21. The minimum absolute atomic E-state index is 0.0172. The quantitative estimate of drug-likeness (QED) is 0.622. The largest absolute Gasteiger partial charge is 0.434 e. The first-order valence-corrected chi connectivity index (χ1v) is 7.61. The predicted octanol–water partition coefficient (Wildman–Crippen LogP) is 5.14. The van der Waals surface area contributed by atoms with Gasteiger partial charge in [-0.1, -0.05) is 54.9 Å². The number of nitrogens with zero attached hydrogens (tertiary/aromatic N) is 1. The van der Waals surface area contributed by atoms with Crippen LogP contribution in [0.15, 0.2) is 45.3 Å². The summed E-state index contributed by atoms with van der Waals surface area (Å²) in [6.07, 6.45) is 0. The second-order valence-corrected chi connectivity index (χ2v) is 7.07. The summed E-state index contributed by atoms with van der Waals surface area (Å²) in [5.74, 6) is 0.611. The van der Waals surface area contributed by atoms with Gasteiger partial charge in [0.1, 0.15) is 5.52 Å². The molecule has 1 aromatic heterocycles. The van der Waals surface area contributed by atoms with E-state index < -0.39 is 0 Å². The molecule has 0 radical (unpaired) electrons. The first-order chi connectivity index (χ1) is 9.86. The highest BCUT2D eigenvalue weighted by atomic mass is 79.9. The molecular weight excluding hydrogens is 328 g/mol. The van der Waals surface area contributed by atoms with Crippen LogP contribution in [0, 0.1) is 0 Å². The first-order valence-electron chi connectivity index (χ1n) is 6.82. The number of fused-ring (bicyclic) bond motifs is 1. The van der Waals surface area contributed by atoms with Crippen LogP contribution in [0.2, 0.25) is 0 Å². The van der Waals surface area contributed by atoms with Gasteiger partial charge < -0.3 is 10.2 Å². The molecule has 0 fully saturated rings. The molecule has 0 saturated heterocycles. The van der Waals surface area contributed by atoms with Crippen molar-refractivity contribution in [3.05, 3.63) is 46.4 Å². The molecular formula is C17H17BrN2O. The molecule has 0 saturated carbocycles. The van der Waals surface area contributed by atoms with Crippen molar-refractivity contribution in [2.75, 3.05) is 5.73 Å². The van der Waals surface area contributed by atoms with Crippen molar-refractivity contribution in [3.8, 4) is 11.5 Å². The maximum atomic E-state index is 6.01. The van der Waals surface area contributed by atoms with Gasteiger partial charge in [0, 0.05) is 10.0 Å². The molecule has 0 spiro atoms. The standard InChI is InChI=1S/C17H17BrN2O/c1-17(2,3)12-7-5-4-6-11(12)16-20-14-9-10(18)8-13(19)15(14)21-16/h4-9H,19H2,1-3H3. The van der Waals surface area contributed by atoms with Crippen molar-refractivity contribution in [1.82, 2.24) is 4.98 Å². The van der Waals surface area contributed by atoms with E-state index in [1.165, 1.54) is 5.56 Å². The van der Waals surface area contributed by atoms with E-state index >= 15 is 0 Å². The Bertz CT molecular complexity index is 815. The lowest BCUT2D eigenvalue weighted by molar-refractivity contribution is 0.580. The van der Waals surface area contributed by atoms with Crippen molar-refractivity contribution in [1.29, 1.82) is 0 Å². The highest BCUT2D eigenvalue weighted by Crippen LogP contribution is 2.35. The molecule has 3 aromatic rings. The molecule has 21 heavy (non-hydrogen) atoms. The average Bonchev–Trinajstić information content (AvgIpc) is 2.81. The van der Waals surface area contributed by atoms with E-state index in [0.29, 0.717) is 17.2 Å². The van der Waals surface area contributed by atoms with Crippen molar-refractivity contribution < 1.29 is 4.42 Å². The summed E-state index contributed by atoms with van der Waals surface area (Å²) in [6.45, 7) is 6.54. The van der Waals surface area contributed by atoms with Gasteiger partial charge in [0.2, 0.25) is 5.89 Å². The minimum Gasteiger partial charge on any atom is -0.434 e. The highest BCUT2D eigenvalue weighted by molar-refractivity contribution is 9.10. The fourth-order valence-electron chi connectivity index (χ4n) is 2.46. The zero-order valence-corrected chi connectivity index (χ0v) is 13.9. The lowest BCUT2D eigenvalue weighted by Crippen LogP contribution is -2.12. The third kappa shape index (κ3) is 2.56. The fourth-order valence-corrected chi connectivity index (χ4v) is 2.93. The van der Waals surface area contributed by atoms with Crippen LogP contribution < -0.4 is 5.73 Å². The number of oxazole rings is 1. The molecule has 4 heteroatoms. The smallest absolute Gasteiger partial charge is 0.227 e. The van der Waals surface area contributed by atoms with Gasteiger partial charge >= 0.3 is 0 Å². The van der Waals surface area contributed by atoms with Gasteiger partial charge in [-0.15, -0.1) is 0 Å². The molecule has 2 N–H and O–H groups in total. The predicted molar refractivity (Wildman–Crippen MR) is 90.3 cm³/mol. The summed E-state index contributed by atoms with van der Waals surface area (Å²) in [7, 11) is 0. The Hall–Kier alpha value is -1.81. The third-order valence-corrected chi connectivity index (χ3v) is 3.91. The molecule has 3 nitrogen and oxygen atoms in total. The maximum absolute atomic E-state index is 6.01. The normalized spacial score (nSPS) is 12.0. The molecule has 0 aliphatic heterocycles. The molecule has 1 heterocycles. The summed E-state index contributed by atoms with van der Waals surface area (Å²) in [5.41, 5.74) is 10.2. The van der Waals surface area contributed by atoms with Crippen LogP contribution in [0.4, 0.5) is 5.69 Å². The number of nitrogen functional groups attached to an aromatic ring is 1. The maximum Gasteiger partial charge on any atom is 0.227 e. The van der Waals surface area contributed by atoms with Crippen LogP contribution in [0.1, 0.15) is 26.3 Å². The van der Waals surface area contributed by atoms with Crippen molar-refractivity contribution in [3.63, 3.8) is 0 Å². The van der Waals surface area contributed by atoms with Crippen LogP contribution in [0.3, 0.4) is 0 Å². The lowest BCUT2D eigenvalue weighted by Gasteiger charge is -2.21. The second-order valence-electron chi connectivity index (χ2n) is 6.16. The second kappa shape index (κ2) is 4.88. The topological polar surface area (TPSA) is 52.0 Å². The van der Waals surface area contributed by atoms with Gasteiger partial charge in [-0.2, -0.15) is 0 Å². The number of benzene rings is 2. The number of hydrogen-bond donors (Lipinski definition) is 1. The number of nitrogens with two attached hydrogens (primary N) is 1. The van der Waals surface area contributed by atoms with Gasteiger partial charge in [-0.05, 0) is 29.2 Å². The van der Waals surface area contributed by atoms with Crippen LogP contribution in [-0.4, -0.2) is 4.98 Å². The number of aromatic nitrogens is 1. The van der Waals surface area contributed by atoms with Gasteiger partial charge in [0.25, 0.3) is 0 Å². The Morgan fingerprint density at radius 1 is 1.14 bits per heavy atom. The SMILES string of the molecule is CC(C)(C)c1ccccc1-c1nc2cc(Br)cc(N)c2o1. The first kappa shape index (κ1) is 14.1. The van der Waals surface area contributed by atoms with Crippen molar-refractivity contribution in [2.45, 2.75) is 26.2 Å². The molecule has 0 atom stereocenters. The molecule has 0 amide bonds. The molecule has 0 unspecified atom stereocenters. The van der Waals surface area contributed by atoms with E-state index in [4.69, 9.17) is 10.2 Å². The summed E-state index contributed by atoms with van der Waals surface area (Å²) >= 11 is 3.43. The Labute approximate surface area is 132 Å². The van der Waals surface area contributed by atoms with Crippen molar-refractivity contribution in [2.24, 2.45) is 0 Å². The monoisotopic (exact) mass is 344 g/mol. The average molecular weight is 345 g/mol. The number of rotatable bonds is 1. The van der Waals surface area contributed by atoms with Gasteiger partial charge in [-0.3, -0.25) is 0 Å². The summed E-state index contributed by atoms with van der Waals surface area (Å²) in [5, 5.41) is 0. The molecule has 108 valence electrons. The van der Waals surface area contributed by atoms with Gasteiger partial charge in [0.15, 0.2) is 5.58 Å². The Kier molecular flexibility index (Phi) is 3.29. The Balaban J connectivity index is 2.25. The minimum atomic E-state index is 0.0172. The van der Waals surface area contributed by atoms with E-state index in [1.54, 1.807) is 0 Å². The van der Waals surface area contributed by atoms with Gasteiger partial charge in [-0.25, -0.2) is 4.98 Å².